The standard InChI is InChI=1S/CH2F3NO2S/c2-1(3)5-8(4,6)7/h1,5H. The van der Waals surface area contributed by atoms with Gasteiger partial charge >= 0.3 is 17.0 Å². The zero-order valence-electron chi connectivity index (χ0n) is 3.44. The molecule has 0 saturated heterocycles. The third-order valence-corrected chi connectivity index (χ3v) is 0.690. The second kappa shape index (κ2) is 2.31. The van der Waals surface area contributed by atoms with E-state index >= 15 is 0 Å². The lowest BCUT2D eigenvalue weighted by atomic mass is 11.4. The molecule has 0 aliphatic heterocycles. The lowest BCUT2D eigenvalue weighted by Crippen LogP contribution is -2.24. The maximum atomic E-state index is 11.0. The Bertz CT molecular complexity index is 151. The molecule has 0 heterocycles. The number of rotatable bonds is 2. The summed E-state index contributed by atoms with van der Waals surface area (Å²) in [5.41, 5.74) is 0. The third-order valence-electron chi connectivity index (χ3n) is 0.230. The quantitative estimate of drug-likeness (QED) is 0.444. The molecule has 0 unspecified atom stereocenters. The van der Waals surface area contributed by atoms with E-state index in [9.17, 15) is 21.1 Å². The first-order valence-electron chi connectivity index (χ1n) is 1.42. The molecule has 0 aliphatic carbocycles. The van der Waals surface area contributed by atoms with Gasteiger partial charge in [-0.05, 0) is 0 Å². The van der Waals surface area contributed by atoms with E-state index < -0.39 is 17.0 Å². The molecule has 0 radical (unpaired) electrons. The van der Waals surface area contributed by atoms with Gasteiger partial charge < -0.3 is 0 Å². The van der Waals surface area contributed by atoms with Crippen molar-refractivity contribution in [1.29, 1.82) is 0 Å². The van der Waals surface area contributed by atoms with Crippen LogP contribution >= 0.6 is 0 Å². The molecule has 0 saturated carbocycles. The van der Waals surface area contributed by atoms with Crippen LogP contribution in [0.5, 0.6) is 0 Å². The minimum absolute atomic E-state index is 0.354. The predicted molar refractivity (Wildman–Crippen MR) is 19.2 cm³/mol. The van der Waals surface area contributed by atoms with E-state index in [1.807, 2.05) is 0 Å². The molecule has 3 nitrogen and oxygen atoms in total. The first kappa shape index (κ1) is 7.70. The summed E-state index contributed by atoms with van der Waals surface area (Å²) in [6, 6.07) is 0. The third kappa shape index (κ3) is 5.70. The maximum absolute atomic E-state index is 11.0. The highest BCUT2D eigenvalue weighted by Crippen LogP contribution is 1.90. The van der Waals surface area contributed by atoms with Gasteiger partial charge in [-0.25, -0.2) is 0 Å². The Morgan fingerprint density at radius 1 is 1.38 bits per heavy atom. The second-order valence-electron chi connectivity index (χ2n) is 0.856. The number of alkyl halides is 2. The number of hydrogen-bond donors (Lipinski definition) is 1. The minimum atomic E-state index is -5.22. The minimum Gasteiger partial charge on any atom is -0.191 e. The number of halogens is 3. The molecule has 50 valence electrons. The predicted octanol–water partition coefficient (Wildman–Crippen LogP) is 0.0129. The van der Waals surface area contributed by atoms with Gasteiger partial charge in [0, 0.05) is 0 Å². The molecular formula is CH2F3NO2S. The summed E-state index contributed by atoms with van der Waals surface area (Å²) in [5, 5.41) is 0. The number of nitrogens with one attached hydrogen (secondary N) is 1. The summed E-state index contributed by atoms with van der Waals surface area (Å²) in [5.74, 6) is 0. The Hall–Kier alpha value is -0.300. The smallest absolute Gasteiger partial charge is 0.191 e. The van der Waals surface area contributed by atoms with Gasteiger partial charge in [0.15, 0.2) is 0 Å². The summed E-state index contributed by atoms with van der Waals surface area (Å²) >= 11 is 0. The van der Waals surface area contributed by atoms with Crippen molar-refractivity contribution in [3.05, 3.63) is 0 Å². The highest BCUT2D eigenvalue weighted by Gasteiger charge is 2.12. The van der Waals surface area contributed by atoms with E-state index in [4.69, 9.17) is 0 Å². The van der Waals surface area contributed by atoms with Crippen molar-refractivity contribution in [2.24, 2.45) is 0 Å². The monoisotopic (exact) mass is 149 g/mol. The molecule has 0 aromatic carbocycles. The van der Waals surface area contributed by atoms with Crippen molar-refractivity contribution in [3.63, 3.8) is 0 Å². The Kier molecular flexibility index (Phi) is 2.23. The van der Waals surface area contributed by atoms with Gasteiger partial charge in [-0.1, -0.05) is 3.89 Å². The van der Waals surface area contributed by atoms with Crippen LogP contribution in [0.25, 0.3) is 0 Å². The first-order chi connectivity index (χ1) is 3.42. The van der Waals surface area contributed by atoms with Gasteiger partial charge in [-0.2, -0.15) is 17.2 Å². The fourth-order valence-electron chi connectivity index (χ4n) is 0.106. The van der Waals surface area contributed by atoms with E-state index in [0.717, 1.165) is 0 Å². The lowest BCUT2D eigenvalue weighted by molar-refractivity contribution is 0.134. The average molecular weight is 149 g/mol. The molecule has 0 spiro atoms. The van der Waals surface area contributed by atoms with Gasteiger partial charge in [0.1, 0.15) is 0 Å². The van der Waals surface area contributed by atoms with Gasteiger partial charge in [0.2, 0.25) is 0 Å². The van der Waals surface area contributed by atoms with Crippen LogP contribution in [0.3, 0.4) is 0 Å². The van der Waals surface area contributed by atoms with Crippen LogP contribution in [0.15, 0.2) is 0 Å². The van der Waals surface area contributed by atoms with Gasteiger partial charge in [-0.15, -0.1) is 4.72 Å². The number of hydrogen-bond acceptors (Lipinski definition) is 2. The molecule has 0 bridgehead atoms. The Morgan fingerprint density at radius 3 is 1.75 bits per heavy atom. The largest absolute Gasteiger partial charge is 0.376 e. The van der Waals surface area contributed by atoms with E-state index in [0.29, 0.717) is 4.72 Å². The second-order valence-corrected chi connectivity index (χ2v) is 1.97. The van der Waals surface area contributed by atoms with Crippen molar-refractivity contribution >= 4 is 10.4 Å². The van der Waals surface area contributed by atoms with E-state index in [1.54, 1.807) is 0 Å². The summed E-state index contributed by atoms with van der Waals surface area (Å²) in [6.07, 6.45) is 0. The normalized spacial score (nSPS) is 12.5. The van der Waals surface area contributed by atoms with Crippen LogP contribution in [-0.2, 0) is 10.4 Å². The van der Waals surface area contributed by atoms with Gasteiger partial charge in [0.05, 0.1) is 0 Å². The Morgan fingerprint density at radius 2 is 1.75 bits per heavy atom. The highest BCUT2D eigenvalue weighted by molar-refractivity contribution is 7.84. The van der Waals surface area contributed by atoms with E-state index in [-0.39, 0.29) is 0 Å². The van der Waals surface area contributed by atoms with Crippen molar-refractivity contribution in [3.8, 4) is 0 Å². The fraction of sp³-hybridized carbons (Fsp3) is 1.00. The summed E-state index contributed by atoms with van der Waals surface area (Å²) < 4.78 is 51.3. The van der Waals surface area contributed by atoms with Crippen LogP contribution in [0.1, 0.15) is 0 Å². The molecule has 8 heavy (non-hydrogen) atoms. The Labute approximate surface area is 43.8 Å². The first-order valence-corrected chi connectivity index (χ1v) is 2.80. The molecule has 0 atom stereocenters. The van der Waals surface area contributed by atoms with Crippen molar-refractivity contribution < 1.29 is 21.1 Å². The zero-order valence-corrected chi connectivity index (χ0v) is 4.25. The lowest BCUT2D eigenvalue weighted by Gasteiger charge is -1.92. The molecule has 0 rings (SSSR count). The average Bonchev–Trinajstić information content (AvgIpc) is 1.21. The fourth-order valence-corrected chi connectivity index (χ4v) is 0.319. The van der Waals surface area contributed by atoms with Crippen LogP contribution in [0.4, 0.5) is 12.7 Å². The molecule has 0 amide bonds. The van der Waals surface area contributed by atoms with Crippen LogP contribution in [0.2, 0.25) is 0 Å². The van der Waals surface area contributed by atoms with Crippen LogP contribution in [-0.4, -0.2) is 15.0 Å². The molecule has 0 aromatic rings. The van der Waals surface area contributed by atoms with Crippen LogP contribution in [0, 0.1) is 0 Å². The molecule has 7 heteroatoms. The van der Waals surface area contributed by atoms with Crippen molar-refractivity contribution in [2.45, 2.75) is 6.55 Å². The molecule has 0 aliphatic rings. The highest BCUT2D eigenvalue weighted by atomic mass is 32.3. The Balaban J connectivity index is 3.75. The molecule has 0 aromatic heterocycles. The van der Waals surface area contributed by atoms with Gasteiger partial charge in [-0.3, -0.25) is 0 Å². The maximum Gasteiger partial charge on any atom is 0.376 e. The molecule has 1 N–H and O–H groups in total. The summed E-state index contributed by atoms with van der Waals surface area (Å²) in [7, 11) is -5.22. The SMILES string of the molecule is O=S(=O)(F)NC(F)F. The summed E-state index contributed by atoms with van der Waals surface area (Å²) in [4.78, 5) is 0. The molecular weight excluding hydrogens is 147 g/mol. The topological polar surface area (TPSA) is 46.2 Å². The summed E-state index contributed by atoms with van der Waals surface area (Å²) in [6.45, 7) is -3.37. The van der Waals surface area contributed by atoms with Crippen molar-refractivity contribution in [1.82, 2.24) is 4.72 Å². The van der Waals surface area contributed by atoms with Crippen LogP contribution < -0.4 is 4.72 Å². The van der Waals surface area contributed by atoms with E-state index in [1.165, 1.54) is 0 Å². The molecule has 0 fully saturated rings. The van der Waals surface area contributed by atoms with Gasteiger partial charge in [0.25, 0.3) is 0 Å². The zero-order chi connectivity index (χ0) is 6.78. The van der Waals surface area contributed by atoms with E-state index in [2.05, 4.69) is 0 Å². The van der Waals surface area contributed by atoms with Crippen molar-refractivity contribution in [2.75, 3.05) is 0 Å².